The summed E-state index contributed by atoms with van der Waals surface area (Å²) in [4.78, 5) is 28.4. The van der Waals surface area contributed by atoms with Crippen LogP contribution in [-0.4, -0.2) is 37.6 Å². The van der Waals surface area contributed by atoms with Crippen LogP contribution in [0.3, 0.4) is 0 Å². The maximum Gasteiger partial charge on any atom is 0.285 e. The summed E-state index contributed by atoms with van der Waals surface area (Å²) in [5.74, 6) is 0.678. The molecule has 1 saturated carbocycles. The minimum absolute atomic E-state index is 0.00212. The molecular weight excluding hydrogens is 354 g/mol. The Balaban J connectivity index is 1.55. The first-order valence-electron chi connectivity index (χ1n) is 9.75. The van der Waals surface area contributed by atoms with Gasteiger partial charge in [-0.15, -0.1) is 0 Å². The van der Waals surface area contributed by atoms with E-state index in [1.165, 1.54) is 10.5 Å². The molecule has 0 saturated heterocycles. The van der Waals surface area contributed by atoms with Crippen molar-refractivity contribution in [3.05, 3.63) is 54.1 Å². The van der Waals surface area contributed by atoms with E-state index in [-0.39, 0.29) is 24.4 Å². The number of carbonyl (C=O) groups excluding carboxylic acids is 2. The van der Waals surface area contributed by atoms with Gasteiger partial charge in [0.1, 0.15) is 18.8 Å². The minimum Gasteiger partial charge on any atom is -0.497 e. The van der Waals surface area contributed by atoms with Gasteiger partial charge in [0.05, 0.1) is 24.5 Å². The first-order valence-corrected chi connectivity index (χ1v) is 9.75. The van der Waals surface area contributed by atoms with Crippen molar-refractivity contribution in [2.75, 3.05) is 23.9 Å². The van der Waals surface area contributed by atoms with Crippen molar-refractivity contribution >= 4 is 23.2 Å². The molecule has 6 nitrogen and oxygen atoms in total. The second kappa shape index (κ2) is 7.64. The van der Waals surface area contributed by atoms with Gasteiger partial charge in [-0.3, -0.25) is 14.5 Å². The number of fused-ring (bicyclic) bond motifs is 1. The van der Waals surface area contributed by atoms with Crippen molar-refractivity contribution in [3.63, 3.8) is 0 Å². The number of nitrogens with one attached hydrogen (secondary N) is 2. The molecule has 1 aliphatic carbocycles. The Kier molecular flexibility index (Phi) is 5.05. The summed E-state index contributed by atoms with van der Waals surface area (Å²) < 4.78 is 5.24. The average molecular weight is 380 g/mol. The summed E-state index contributed by atoms with van der Waals surface area (Å²) in [6.45, 7) is 2.83. The van der Waals surface area contributed by atoms with Gasteiger partial charge in [0, 0.05) is 18.4 Å². The Bertz CT molecular complexity index is 877. The molecule has 0 radical (unpaired) electrons. The molecule has 1 unspecified atom stereocenters. The molecule has 2 N–H and O–H groups in total. The molecule has 6 heteroatoms. The van der Waals surface area contributed by atoms with E-state index < -0.39 is 0 Å². The molecule has 4 rings (SSSR count). The van der Waals surface area contributed by atoms with Crippen LogP contribution in [0.25, 0.3) is 0 Å². The summed E-state index contributed by atoms with van der Waals surface area (Å²) in [5.41, 5.74) is 2.65. The Morgan fingerprint density at radius 1 is 1.21 bits per heavy atom. The molecular formula is C22H26N3O3+. The Hall–Kier alpha value is -2.86. The number of quaternary nitrogens is 1. The lowest BCUT2D eigenvalue weighted by Crippen LogP contribution is -3.16. The Morgan fingerprint density at radius 2 is 1.93 bits per heavy atom. The van der Waals surface area contributed by atoms with Gasteiger partial charge in [-0.05, 0) is 43.3 Å². The lowest BCUT2D eigenvalue weighted by molar-refractivity contribution is -0.938. The molecule has 146 valence electrons. The van der Waals surface area contributed by atoms with E-state index in [9.17, 15) is 9.59 Å². The number of hydrogen-bond acceptors (Lipinski definition) is 3. The minimum atomic E-state index is -0.228. The van der Waals surface area contributed by atoms with Crippen molar-refractivity contribution in [3.8, 4) is 5.75 Å². The van der Waals surface area contributed by atoms with Crippen LogP contribution in [0, 0.1) is 0 Å². The number of methoxy groups -OCH3 is 1. The maximum atomic E-state index is 13.4. The molecule has 0 bridgehead atoms. The van der Waals surface area contributed by atoms with E-state index in [0.717, 1.165) is 30.8 Å². The second-order valence-electron chi connectivity index (χ2n) is 7.59. The molecule has 2 amide bonds. The largest absolute Gasteiger partial charge is 0.497 e. The number of rotatable bonds is 6. The standard InChI is InChI=1S/C22H25N3O3/c1-15(22(27)25-14-21(26)23-19-5-3-4-6-20(19)25)24(17-9-10-17)13-16-7-11-18(28-2)12-8-16/h3-8,11-12,15,17H,9-10,13-14H2,1-2H3,(H,23,26)/p+1/t15-/m1/s1. The number of nitrogens with zero attached hydrogens (tertiary/aromatic N) is 1. The quantitative estimate of drug-likeness (QED) is 0.801. The second-order valence-corrected chi connectivity index (χ2v) is 7.59. The predicted octanol–water partition coefficient (Wildman–Crippen LogP) is 1.62. The molecule has 1 fully saturated rings. The smallest absolute Gasteiger partial charge is 0.285 e. The van der Waals surface area contributed by atoms with E-state index in [1.807, 2.05) is 43.3 Å². The fraction of sp³-hybridized carbons (Fsp3) is 0.364. The molecule has 2 aromatic rings. The van der Waals surface area contributed by atoms with Gasteiger partial charge < -0.3 is 15.0 Å². The molecule has 28 heavy (non-hydrogen) atoms. The van der Waals surface area contributed by atoms with Crippen molar-refractivity contribution in [2.45, 2.75) is 38.4 Å². The zero-order valence-corrected chi connectivity index (χ0v) is 16.3. The van der Waals surface area contributed by atoms with Crippen LogP contribution in [0.2, 0.25) is 0 Å². The number of benzene rings is 2. The van der Waals surface area contributed by atoms with Gasteiger partial charge >= 0.3 is 0 Å². The molecule has 0 spiro atoms. The predicted molar refractivity (Wildman–Crippen MR) is 108 cm³/mol. The third-order valence-electron chi connectivity index (χ3n) is 5.63. The summed E-state index contributed by atoms with van der Waals surface area (Å²) in [6, 6.07) is 15.8. The molecule has 1 aliphatic heterocycles. The van der Waals surface area contributed by atoms with Crippen LogP contribution < -0.4 is 19.9 Å². The highest BCUT2D eigenvalue weighted by atomic mass is 16.5. The van der Waals surface area contributed by atoms with Crippen LogP contribution in [-0.2, 0) is 16.1 Å². The van der Waals surface area contributed by atoms with Gasteiger partial charge in [-0.25, -0.2) is 0 Å². The highest BCUT2D eigenvalue weighted by Crippen LogP contribution is 2.29. The number of hydrogen-bond donors (Lipinski definition) is 2. The van der Waals surface area contributed by atoms with Gasteiger partial charge in [-0.2, -0.15) is 0 Å². The van der Waals surface area contributed by atoms with E-state index in [4.69, 9.17) is 4.74 Å². The number of para-hydroxylation sites is 2. The van der Waals surface area contributed by atoms with Crippen LogP contribution in [0.5, 0.6) is 5.75 Å². The lowest BCUT2D eigenvalue weighted by Gasteiger charge is -2.33. The zero-order chi connectivity index (χ0) is 19.7. The molecule has 0 aromatic heterocycles. The SMILES string of the molecule is COc1ccc(C[NH+](C2CC2)[C@H](C)C(=O)N2CC(=O)Nc3ccccc32)cc1. The summed E-state index contributed by atoms with van der Waals surface area (Å²) >= 11 is 0. The highest BCUT2D eigenvalue weighted by molar-refractivity contribution is 6.10. The number of ether oxygens (including phenoxy) is 1. The number of anilines is 2. The van der Waals surface area contributed by atoms with E-state index in [1.54, 1.807) is 12.0 Å². The summed E-state index contributed by atoms with van der Waals surface area (Å²) in [5, 5.41) is 2.85. The van der Waals surface area contributed by atoms with Crippen LogP contribution in [0.4, 0.5) is 11.4 Å². The topological polar surface area (TPSA) is 63.1 Å². The first kappa shape index (κ1) is 18.5. The van der Waals surface area contributed by atoms with E-state index in [2.05, 4.69) is 17.4 Å². The van der Waals surface area contributed by atoms with Crippen molar-refractivity contribution in [2.24, 2.45) is 0 Å². The average Bonchev–Trinajstić information content (AvgIpc) is 3.56. The van der Waals surface area contributed by atoms with Crippen LogP contribution in [0.1, 0.15) is 25.3 Å². The number of amides is 2. The zero-order valence-electron chi connectivity index (χ0n) is 16.3. The highest BCUT2D eigenvalue weighted by Gasteiger charge is 2.42. The van der Waals surface area contributed by atoms with Crippen molar-refractivity contribution in [1.29, 1.82) is 0 Å². The lowest BCUT2D eigenvalue weighted by atomic mass is 10.1. The van der Waals surface area contributed by atoms with E-state index >= 15 is 0 Å². The summed E-state index contributed by atoms with van der Waals surface area (Å²) in [6.07, 6.45) is 2.28. The molecule has 2 atom stereocenters. The third-order valence-corrected chi connectivity index (χ3v) is 5.63. The maximum absolute atomic E-state index is 13.4. The fourth-order valence-corrected chi connectivity index (χ4v) is 3.91. The molecule has 2 aliphatic rings. The van der Waals surface area contributed by atoms with Crippen molar-refractivity contribution in [1.82, 2.24) is 0 Å². The van der Waals surface area contributed by atoms with Crippen LogP contribution >= 0.6 is 0 Å². The normalized spacial score (nSPS) is 18.1. The molecule has 2 aromatic carbocycles. The van der Waals surface area contributed by atoms with Crippen molar-refractivity contribution < 1.29 is 19.2 Å². The van der Waals surface area contributed by atoms with Gasteiger partial charge in [-0.1, -0.05) is 12.1 Å². The molecule has 1 heterocycles. The monoisotopic (exact) mass is 380 g/mol. The first-order chi connectivity index (χ1) is 13.6. The van der Waals surface area contributed by atoms with Crippen LogP contribution in [0.15, 0.2) is 48.5 Å². The summed E-state index contributed by atoms with van der Waals surface area (Å²) in [7, 11) is 1.66. The third kappa shape index (κ3) is 3.73. The number of carbonyl (C=O) groups is 2. The van der Waals surface area contributed by atoms with E-state index in [0.29, 0.717) is 11.7 Å². The fourth-order valence-electron chi connectivity index (χ4n) is 3.91. The van der Waals surface area contributed by atoms with Gasteiger partial charge in [0.15, 0.2) is 6.04 Å². The Morgan fingerprint density at radius 3 is 2.61 bits per heavy atom. The van der Waals surface area contributed by atoms with Gasteiger partial charge in [0.2, 0.25) is 5.91 Å². The Labute approximate surface area is 165 Å². The van der Waals surface area contributed by atoms with Gasteiger partial charge in [0.25, 0.3) is 5.91 Å².